The minimum Gasteiger partial charge on any atom is -0.507 e. The van der Waals surface area contributed by atoms with Crippen LogP contribution in [0.5, 0.6) is 11.6 Å². The first kappa shape index (κ1) is 25.7. The summed E-state index contributed by atoms with van der Waals surface area (Å²) < 4.78 is 54.6. The van der Waals surface area contributed by atoms with Crippen molar-refractivity contribution in [3.8, 4) is 17.3 Å². The van der Waals surface area contributed by atoms with Gasteiger partial charge in [-0.1, -0.05) is 48.6 Å². The van der Waals surface area contributed by atoms with Gasteiger partial charge in [0.25, 0.3) is 0 Å². The van der Waals surface area contributed by atoms with Crippen molar-refractivity contribution in [1.82, 2.24) is 4.57 Å². The van der Waals surface area contributed by atoms with E-state index in [1.54, 1.807) is 42.5 Å². The standard InChI is InChI=1S/C28H19F4N3O4/c29-21-14-17(11-12-20(21)28(30,31)32)35-22-9-3-1-8-19(22)24(25(35)37)33-34-27(26(38)39)13-5-6-16(15-27)18-7-2-4-10-23(18)36/h1-14,36-37H,15H2,(H,38,39). The number of nitrogens with zero attached hydrogens (tertiary/aromatic N) is 3. The van der Waals surface area contributed by atoms with Crippen molar-refractivity contribution < 1.29 is 37.7 Å². The SMILES string of the molecule is O=C(O)C1(N=Nc2c(O)n(-c3ccc(C(F)(F)F)c(F)c3)c3ccccc23)C=CC=C(c2ccccc2O)C1. The lowest BCUT2D eigenvalue weighted by molar-refractivity contribution is -0.141. The van der Waals surface area contributed by atoms with Gasteiger partial charge in [0.2, 0.25) is 11.4 Å². The van der Waals surface area contributed by atoms with E-state index in [-0.39, 0.29) is 29.1 Å². The zero-order valence-electron chi connectivity index (χ0n) is 19.9. The number of alkyl halides is 3. The van der Waals surface area contributed by atoms with Gasteiger partial charge in [0, 0.05) is 17.4 Å². The van der Waals surface area contributed by atoms with Crippen LogP contribution in [0.25, 0.3) is 22.2 Å². The largest absolute Gasteiger partial charge is 0.507 e. The average molecular weight is 537 g/mol. The summed E-state index contributed by atoms with van der Waals surface area (Å²) in [7, 11) is 0. The molecule has 11 heteroatoms. The first-order chi connectivity index (χ1) is 18.5. The van der Waals surface area contributed by atoms with Crippen molar-refractivity contribution in [3.63, 3.8) is 0 Å². The predicted molar refractivity (Wildman–Crippen MR) is 135 cm³/mol. The zero-order valence-corrected chi connectivity index (χ0v) is 19.9. The summed E-state index contributed by atoms with van der Waals surface area (Å²) in [6.07, 6.45) is -0.612. The lowest BCUT2D eigenvalue weighted by Gasteiger charge is -2.25. The smallest absolute Gasteiger partial charge is 0.419 e. The van der Waals surface area contributed by atoms with E-state index in [0.29, 0.717) is 28.7 Å². The molecule has 1 unspecified atom stereocenters. The Balaban J connectivity index is 1.59. The highest BCUT2D eigenvalue weighted by Crippen LogP contribution is 2.43. The number of halogens is 4. The summed E-state index contributed by atoms with van der Waals surface area (Å²) in [5.74, 6) is -3.48. The average Bonchev–Trinajstić information content (AvgIpc) is 3.18. The molecule has 0 amide bonds. The molecule has 1 aliphatic rings. The fraction of sp³-hybridized carbons (Fsp3) is 0.107. The lowest BCUT2D eigenvalue weighted by atomic mass is 9.84. The Morgan fingerprint density at radius 3 is 2.41 bits per heavy atom. The van der Waals surface area contributed by atoms with Crippen LogP contribution >= 0.6 is 0 Å². The van der Waals surface area contributed by atoms with Gasteiger partial charge < -0.3 is 15.3 Å². The number of azo groups is 1. The number of phenols is 1. The van der Waals surface area contributed by atoms with Gasteiger partial charge in [0.1, 0.15) is 11.6 Å². The summed E-state index contributed by atoms with van der Waals surface area (Å²) in [6, 6.07) is 14.9. The number of carboxylic acid groups (broad SMARTS) is 1. The van der Waals surface area contributed by atoms with E-state index in [0.717, 1.165) is 10.6 Å². The second-order valence-corrected chi connectivity index (χ2v) is 8.86. The number of carboxylic acids is 1. The molecule has 7 nitrogen and oxygen atoms in total. The van der Waals surface area contributed by atoms with Gasteiger partial charge in [0.05, 0.1) is 16.8 Å². The van der Waals surface area contributed by atoms with Gasteiger partial charge in [-0.2, -0.15) is 18.3 Å². The molecule has 1 heterocycles. The van der Waals surface area contributed by atoms with E-state index in [4.69, 9.17) is 0 Å². The fourth-order valence-electron chi connectivity index (χ4n) is 4.50. The third kappa shape index (κ3) is 4.52. The van der Waals surface area contributed by atoms with Gasteiger partial charge in [-0.3, -0.25) is 4.57 Å². The van der Waals surface area contributed by atoms with E-state index in [2.05, 4.69) is 10.2 Å². The van der Waals surface area contributed by atoms with Crippen LogP contribution in [0.1, 0.15) is 17.5 Å². The Morgan fingerprint density at radius 2 is 1.72 bits per heavy atom. The van der Waals surface area contributed by atoms with Gasteiger partial charge in [-0.15, -0.1) is 5.11 Å². The monoisotopic (exact) mass is 537 g/mol. The number of benzene rings is 3. The molecule has 1 aliphatic carbocycles. The van der Waals surface area contributed by atoms with Gasteiger partial charge in [0.15, 0.2) is 5.69 Å². The Morgan fingerprint density at radius 1 is 1.00 bits per heavy atom. The summed E-state index contributed by atoms with van der Waals surface area (Å²) >= 11 is 0. The summed E-state index contributed by atoms with van der Waals surface area (Å²) in [6.45, 7) is 0. The van der Waals surface area contributed by atoms with E-state index in [1.165, 1.54) is 24.3 Å². The number of hydrogen-bond donors (Lipinski definition) is 3. The molecular weight excluding hydrogens is 518 g/mol. The highest BCUT2D eigenvalue weighted by Gasteiger charge is 2.40. The quantitative estimate of drug-likeness (QED) is 0.186. The number of rotatable bonds is 5. The number of fused-ring (bicyclic) bond motifs is 1. The fourth-order valence-corrected chi connectivity index (χ4v) is 4.50. The molecule has 39 heavy (non-hydrogen) atoms. The van der Waals surface area contributed by atoms with Crippen molar-refractivity contribution >= 4 is 28.1 Å². The number of aromatic hydroxyl groups is 2. The van der Waals surface area contributed by atoms with Crippen LogP contribution in [-0.2, 0) is 11.0 Å². The van der Waals surface area contributed by atoms with Crippen LogP contribution in [-0.4, -0.2) is 31.4 Å². The second-order valence-electron chi connectivity index (χ2n) is 8.86. The first-order valence-electron chi connectivity index (χ1n) is 11.5. The molecule has 4 aromatic rings. The molecule has 0 radical (unpaired) electrons. The highest BCUT2D eigenvalue weighted by molar-refractivity contribution is 5.96. The molecule has 0 fully saturated rings. The van der Waals surface area contributed by atoms with E-state index < -0.39 is 34.9 Å². The molecule has 0 bridgehead atoms. The number of aliphatic carboxylic acids is 1. The van der Waals surface area contributed by atoms with Crippen LogP contribution in [0.15, 0.2) is 95.2 Å². The third-order valence-electron chi connectivity index (χ3n) is 6.42. The molecule has 3 N–H and O–H groups in total. The zero-order chi connectivity index (χ0) is 27.9. The molecule has 5 rings (SSSR count). The van der Waals surface area contributed by atoms with Gasteiger partial charge in [-0.25, -0.2) is 9.18 Å². The van der Waals surface area contributed by atoms with Crippen molar-refractivity contribution in [2.45, 2.75) is 18.1 Å². The summed E-state index contributed by atoms with van der Waals surface area (Å²) in [5.41, 5.74) is -2.41. The van der Waals surface area contributed by atoms with E-state index in [9.17, 15) is 37.7 Å². The number of phenolic OH excluding ortho intramolecular Hbond substituents is 1. The van der Waals surface area contributed by atoms with Crippen molar-refractivity contribution in [1.29, 1.82) is 0 Å². The number of para-hydroxylation sites is 2. The molecule has 0 spiro atoms. The Kier molecular flexibility index (Phi) is 6.21. The lowest BCUT2D eigenvalue weighted by Crippen LogP contribution is -2.35. The Hall–Kier alpha value is -4.93. The number of aromatic nitrogens is 1. The molecule has 198 valence electrons. The van der Waals surface area contributed by atoms with Crippen molar-refractivity contribution in [2.24, 2.45) is 10.2 Å². The molecule has 0 saturated carbocycles. The Labute approximate surface area is 218 Å². The van der Waals surface area contributed by atoms with Crippen LogP contribution in [0.2, 0.25) is 0 Å². The van der Waals surface area contributed by atoms with Crippen LogP contribution in [0.4, 0.5) is 23.2 Å². The minimum atomic E-state index is -4.90. The normalized spacial score (nSPS) is 17.6. The topological polar surface area (TPSA) is 107 Å². The molecule has 0 aliphatic heterocycles. The number of allylic oxidation sites excluding steroid dienone is 2. The molecule has 1 atom stereocenters. The molecular formula is C28H19F4N3O4. The maximum Gasteiger partial charge on any atom is 0.419 e. The van der Waals surface area contributed by atoms with Gasteiger partial charge in [-0.05, 0) is 42.0 Å². The Bertz CT molecular complexity index is 1700. The van der Waals surface area contributed by atoms with Crippen molar-refractivity contribution in [3.05, 3.63) is 102 Å². The number of hydrogen-bond acceptors (Lipinski definition) is 5. The summed E-state index contributed by atoms with van der Waals surface area (Å²) in [4.78, 5) is 12.4. The predicted octanol–water partition coefficient (Wildman–Crippen LogP) is 7.15. The summed E-state index contributed by atoms with van der Waals surface area (Å²) in [5, 5.41) is 39.9. The highest BCUT2D eigenvalue weighted by atomic mass is 19.4. The molecule has 3 aromatic carbocycles. The van der Waals surface area contributed by atoms with Gasteiger partial charge >= 0.3 is 12.1 Å². The van der Waals surface area contributed by atoms with Crippen LogP contribution in [0, 0.1) is 5.82 Å². The maximum atomic E-state index is 14.4. The third-order valence-corrected chi connectivity index (χ3v) is 6.42. The van der Waals surface area contributed by atoms with E-state index in [1.807, 2.05) is 0 Å². The van der Waals surface area contributed by atoms with Crippen LogP contribution < -0.4 is 0 Å². The second kappa shape index (κ2) is 9.43. The van der Waals surface area contributed by atoms with Crippen molar-refractivity contribution in [2.75, 3.05) is 0 Å². The van der Waals surface area contributed by atoms with E-state index >= 15 is 0 Å². The molecule has 1 aromatic heterocycles. The minimum absolute atomic E-state index is 0.0419. The first-order valence-corrected chi connectivity index (χ1v) is 11.5. The maximum absolute atomic E-state index is 14.4. The molecule has 0 saturated heterocycles. The van der Waals surface area contributed by atoms with Crippen LogP contribution in [0.3, 0.4) is 0 Å². The number of carbonyl (C=O) groups is 1.